The standard InChI is InChI=1S/C13H16N4O2/c14-7-10-1-4-16-8-11(10)17-9-13(12(15)18)2-5-19-6-3-13/h1,4,8,17H,2-3,5-6,9H2,(H2,15,18). The highest BCUT2D eigenvalue weighted by molar-refractivity contribution is 5.81. The summed E-state index contributed by atoms with van der Waals surface area (Å²) in [5.74, 6) is -0.328. The van der Waals surface area contributed by atoms with Gasteiger partial charge in [-0.1, -0.05) is 0 Å². The van der Waals surface area contributed by atoms with Gasteiger partial charge in [-0.3, -0.25) is 9.78 Å². The lowest BCUT2D eigenvalue weighted by molar-refractivity contribution is -0.132. The van der Waals surface area contributed by atoms with Gasteiger partial charge in [0.2, 0.25) is 5.91 Å². The van der Waals surface area contributed by atoms with E-state index < -0.39 is 5.41 Å². The molecule has 0 aromatic carbocycles. The van der Waals surface area contributed by atoms with Gasteiger partial charge in [-0.2, -0.15) is 5.26 Å². The van der Waals surface area contributed by atoms with Crippen LogP contribution in [-0.4, -0.2) is 30.6 Å². The number of hydrogen-bond donors (Lipinski definition) is 2. The summed E-state index contributed by atoms with van der Waals surface area (Å²) in [6.07, 6.45) is 4.32. The van der Waals surface area contributed by atoms with E-state index in [9.17, 15) is 4.79 Å². The van der Waals surface area contributed by atoms with Crippen LogP contribution in [0.5, 0.6) is 0 Å². The highest BCUT2D eigenvalue weighted by Gasteiger charge is 2.38. The SMILES string of the molecule is N#Cc1ccncc1NCC1(C(N)=O)CCOCC1. The van der Waals surface area contributed by atoms with Crippen LogP contribution in [-0.2, 0) is 9.53 Å². The molecule has 1 aromatic heterocycles. The van der Waals surface area contributed by atoms with Crippen molar-refractivity contribution in [1.82, 2.24) is 4.98 Å². The monoisotopic (exact) mass is 260 g/mol. The van der Waals surface area contributed by atoms with Crippen LogP contribution in [0.15, 0.2) is 18.5 Å². The molecule has 100 valence electrons. The maximum absolute atomic E-state index is 11.7. The van der Waals surface area contributed by atoms with Crippen LogP contribution in [0.4, 0.5) is 5.69 Å². The smallest absolute Gasteiger partial charge is 0.225 e. The summed E-state index contributed by atoms with van der Waals surface area (Å²) in [6, 6.07) is 3.71. The second kappa shape index (κ2) is 5.67. The molecule has 0 spiro atoms. The first-order chi connectivity index (χ1) is 9.18. The van der Waals surface area contributed by atoms with Gasteiger partial charge >= 0.3 is 0 Å². The number of anilines is 1. The number of primary amides is 1. The van der Waals surface area contributed by atoms with Gasteiger partial charge in [0, 0.05) is 26.0 Å². The van der Waals surface area contributed by atoms with Crippen molar-refractivity contribution < 1.29 is 9.53 Å². The fraction of sp³-hybridized carbons (Fsp3) is 0.462. The average molecular weight is 260 g/mol. The molecule has 1 amide bonds. The maximum atomic E-state index is 11.7. The van der Waals surface area contributed by atoms with E-state index in [0.29, 0.717) is 43.9 Å². The largest absolute Gasteiger partial charge is 0.382 e. The van der Waals surface area contributed by atoms with Crippen LogP contribution < -0.4 is 11.1 Å². The molecule has 3 N–H and O–H groups in total. The van der Waals surface area contributed by atoms with Crippen molar-refractivity contribution in [1.29, 1.82) is 5.26 Å². The Morgan fingerprint density at radius 3 is 2.95 bits per heavy atom. The number of hydrogen-bond acceptors (Lipinski definition) is 5. The molecule has 0 aliphatic carbocycles. The summed E-state index contributed by atoms with van der Waals surface area (Å²) >= 11 is 0. The van der Waals surface area contributed by atoms with Gasteiger partial charge in [0.1, 0.15) is 6.07 Å². The maximum Gasteiger partial charge on any atom is 0.225 e. The fourth-order valence-corrected chi connectivity index (χ4v) is 2.17. The van der Waals surface area contributed by atoms with E-state index in [0.717, 1.165) is 0 Å². The molecule has 2 heterocycles. The first-order valence-corrected chi connectivity index (χ1v) is 6.14. The summed E-state index contributed by atoms with van der Waals surface area (Å²) in [5, 5.41) is 12.1. The topological polar surface area (TPSA) is 101 Å². The minimum absolute atomic E-state index is 0.328. The molecule has 0 saturated carbocycles. The third-order valence-electron chi connectivity index (χ3n) is 3.53. The zero-order chi connectivity index (χ0) is 13.7. The van der Waals surface area contributed by atoms with E-state index in [1.165, 1.54) is 0 Å². The molecule has 1 fully saturated rings. The molecule has 1 aliphatic rings. The summed E-state index contributed by atoms with van der Waals surface area (Å²) in [4.78, 5) is 15.7. The first-order valence-electron chi connectivity index (χ1n) is 6.14. The molecule has 19 heavy (non-hydrogen) atoms. The molecular formula is C13H16N4O2. The first kappa shape index (κ1) is 13.3. The van der Waals surface area contributed by atoms with Crippen molar-refractivity contribution in [3.8, 4) is 6.07 Å². The third-order valence-corrected chi connectivity index (χ3v) is 3.53. The van der Waals surface area contributed by atoms with E-state index in [1.54, 1.807) is 18.5 Å². The number of amides is 1. The number of aromatic nitrogens is 1. The Morgan fingerprint density at radius 2 is 2.32 bits per heavy atom. The van der Waals surface area contributed by atoms with Crippen LogP contribution >= 0.6 is 0 Å². The fourth-order valence-electron chi connectivity index (χ4n) is 2.17. The van der Waals surface area contributed by atoms with Gasteiger partial charge < -0.3 is 15.8 Å². The molecule has 0 unspecified atom stereocenters. The van der Waals surface area contributed by atoms with E-state index in [1.807, 2.05) is 0 Å². The predicted molar refractivity (Wildman–Crippen MR) is 69.1 cm³/mol. The zero-order valence-corrected chi connectivity index (χ0v) is 10.6. The number of nitriles is 1. The average Bonchev–Trinajstić information content (AvgIpc) is 2.46. The molecule has 0 atom stereocenters. The summed E-state index contributed by atoms with van der Waals surface area (Å²) in [5.41, 5.74) is 6.04. The van der Waals surface area contributed by atoms with Gasteiger partial charge in [-0.05, 0) is 18.9 Å². The van der Waals surface area contributed by atoms with Gasteiger partial charge in [0.15, 0.2) is 0 Å². The van der Waals surface area contributed by atoms with E-state index in [2.05, 4.69) is 16.4 Å². The van der Waals surface area contributed by atoms with Gasteiger partial charge in [-0.25, -0.2) is 0 Å². The second-order valence-corrected chi connectivity index (χ2v) is 4.64. The summed E-state index contributed by atoms with van der Waals surface area (Å²) in [7, 11) is 0. The highest BCUT2D eigenvalue weighted by Crippen LogP contribution is 2.30. The Hall–Kier alpha value is -2.13. The zero-order valence-electron chi connectivity index (χ0n) is 10.6. The number of nitrogens with two attached hydrogens (primary N) is 1. The molecule has 1 aliphatic heterocycles. The van der Waals surface area contributed by atoms with Crippen LogP contribution in [0, 0.1) is 16.7 Å². The number of carbonyl (C=O) groups excluding carboxylic acids is 1. The lowest BCUT2D eigenvalue weighted by Gasteiger charge is -2.34. The van der Waals surface area contributed by atoms with E-state index in [4.69, 9.17) is 15.7 Å². The van der Waals surface area contributed by atoms with Crippen molar-refractivity contribution in [2.45, 2.75) is 12.8 Å². The van der Waals surface area contributed by atoms with Crippen LogP contribution in [0.25, 0.3) is 0 Å². The number of pyridine rings is 1. The molecule has 6 heteroatoms. The van der Waals surface area contributed by atoms with Crippen molar-refractivity contribution in [2.75, 3.05) is 25.1 Å². The lowest BCUT2D eigenvalue weighted by Crippen LogP contribution is -2.46. The summed E-state index contributed by atoms with van der Waals surface area (Å²) < 4.78 is 5.27. The number of rotatable bonds is 4. The molecule has 1 saturated heterocycles. The Kier molecular flexibility index (Phi) is 3.97. The minimum atomic E-state index is -0.610. The highest BCUT2D eigenvalue weighted by atomic mass is 16.5. The van der Waals surface area contributed by atoms with Crippen molar-refractivity contribution >= 4 is 11.6 Å². The Bertz CT molecular complexity index is 504. The third kappa shape index (κ3) is 2.83. The normalized spacial score (nSPS) is 17.4. The quantitative estimate of drug-likeness (QED) is 0.827. The lowest BCUT2D eigenvalue weighted by atomic mass is 9.79. The minimum Gasteiger partial charge on any atom is -0.382 e. The molecule has 1 aromatic rings. The van der Waals surface area contributed by atoms with Gasteiger partial charge in [0.05, 0.1) is 22.9 Å². The van der Waals surface area contributed by atoms with Crippen LogP contribution in [0.2, 0.25) is 0 Å². The van der Waals surface area contributed by atoms with Crippen molar-refractivity contribution in [2.24, 2.45) is 11.1 Å². The second-order valence-electron chi connectivity index (χ2n) is 4.64. The Labute approximate surface area is 111 Å². The van der Waals surface area contributed by atoms with E-state index >= 15 is 0 Å². The number of nitrogens with zero attached hydrogens (tertiary/aromatic N) is 2. The summed E-state index contributed by atoms with van der Waals surface area (Å²) in [6.45, 7) is 1.46. The Balaban J connectivity index is 2.11. The Morgan fingerprint density at radius 1 is 1.58 bits per heavy atom. The molecular weight excluding hydrogens is 244 g/mol. The number of nitrogens with one attached hydrogen (secondary N) is 1. The van der Waals surface area contributed by atoms with Crippen molar-refractivity contribution in [3.63, 3.8) is 0 Å². The molecule has 6 nitrogen and oxygen atoms in total. The molecule has 0 radical (unpaired) electrons. The van der Waals surface area contributed by atoms with Crippen LogP contribution in [0.1, 0.15) is 18.4 Å². The van der Waals surface area contributed by atoms with Crippen LogP contribution in [0.3, 0.4) is 0 Å². The van der Waals surface area contributed by atoms with Crippen molar-refractivity contribution in [3.05, 3.63) is 24.0 Å². The van der Waals surface area contributed by atoms with Gasteiger partial charge in [0.25, 0.3) is 0 Å². The molecule has 0 bridgehead atoms. The number of ether oxygens (including phenoxy) is 1. The van der Waals surface area contributed by atoms with E-state index in [-0.39, 0.29) is 5.91 Å². The number of carbonyl (C=O) groups is 1. The van der Waals surface area contributed by atoms with Gasteiger partial charge in [-0.15, -0.1) is 0 Å². The molecule has 2 rings (SSSR count). The predicted octanol–water partition coefficient (Wildman–Crippen LogP) is 0.647.